The van der Waals surface area contributed by atoms with Gasteiger partial charge in [-0.1, -0.05) is 0 Å². The van der Waals surface area contributed by atoms with Crippen molar-refractivity contribution in [2.45, 2.75) is 39.2 Å². The van der Waals surface area contributed by atoms with Crippen molar-refractivity contribution in [3.05, 3.63) is 23.0 Å². The van der Waals surface area contributed by atoms with Crippen molar-refractivity contribution >= 4 is 12.3 Å². The smallest absolute Gasteiger partial charge is 0.414 e. The molecule has 22 heavy (non-hydrogen) atoms. The highest BCUT2D eigenvalue weighted by molar-refractivity contribution is 5.82. The molecule has 0 N–H and O–H groups in total. The van der Waals surface area contributed by atoms with Crippen LogP contribution in [0.4, 0.5) is 4.79 Å². The second-order valence-electron chi connectivity index (χ2n) is 7.12. The molecule has 0 radical (unpaired) electrons. The average Bonchev–Trinajstić information content (AvgIpc) is 2.67. The zero-order chi connectivity index (χ0) is 17.1. The van der Waals surface area contributed by atoms with E-state index in [0.717, 1.165) is 29.7 Å². The minimum atomic E-state index is -0.499. The Morgan fingerprint density at radius 3 is 2.23 bits per heavy atom. The van der Waals surface area contributed by atoms with Crippen LogP contribution in [0.25, 0.3) is 0 Å². The summed E-state index contributed by atoms with van der Waals surface area (Å²) in [5.41, 5.74) is 2.77. The molecule has 0 spiro atoms. The minimum absolute atomic E-state index is 0.321. The highest BCUT2D eigenvalue weighted by atomic mass is 16.6. The van der Waals surface area contributed by atoms with Gasteiger partial charge >= 0.3 is 6.09 Å². The van der Waals surface area contributed by atoms with Crippen LogP contribution in [0.15, 0.2) is 23.0 Å². The molecule has 0 aliphatic heterocycles. The lowest BCUT2D eigenvalue weighted by molar-refractivity contribution is -0.459. The maximum atomic E-state index is 12.4. The Balaban J connectivity index is 3.20. The van der Waals surface area contributed by atoms with E-state index in [0.29, 0.717) is 0 Å². The normalized spacial score (nSPS) is 16.8. The molecule has 5 heteroatoms. The molecule has 0 atom stereocenters. The fraction of sp³-hybridized carbons (Fsp3) is 0.647. The fourth-order valence-corrected chi connectivity index (χ4v) is 2.44. The number of rotatable bonds is 3. The van der Waals surface area contributed by atoms with Crippen LogP contribution in [0.1, 0.15) is 33.6 Å². The Hall–Kier alpha value is -1.78. The largest absolute Gasteiger partial charge is 0.443 e. The third kappa shape index (κ3) is 5.20. The number of hydrogen-bond acceptors (Lipinski definition) is 3. The number of ether oxygens (including phenoxy) is 1. The van der Waals surface area contributed by atoms with Crippen molar-refractivity contribution in [3.63, 3.8) is 0 Å². The van der Waals surface area contributed by atoms with Crippen molar-refractivity contribution in [3.8, 4) is 0 Å². The first kappa shape index (κ1) is 18.3. The van der Waals surface area contributed by atoms with Crippen LogP contribution in [0.3, 0.4) is 0 Å². The molecule has 124 valence electrons. The molecule has 5 nitrogen and oxygen atoms in total. The van der Waals surface area contributed by atoms with Gasteiger partial charge in [-0.15, -0.1) is 0 Å². The average molecular weight is 308 g/mol. The molecule has 0 bridgehead atoms. The van der Waals surface area contributed by atoms with E-state index in [1.54, 1.807) is 11.9 Å². The van der Waals surface area contributed by atoms with Crippen LogP contribution >= 0.6 is 0 Å². The van der Waals surface area contributed by atoms with Gasteiger partial charge in [0.05, 0.1) is 5.70 Å². The summed E-state index contributed by atoms with van der Waals surface area (Å²) in [7, 11) is 9.75. The van der Waals surface area contributed by atoms with E-state index in [1.165, 1.54) is 0 Å². The zero-order valence-corrected chi connectivity index (χ0v) is 15.2. The number of amides is 1. The van der Waals surface area contributed by atoms with Gasteiger partial charge in [-0.3, -0.25) is 4.90 Å². The number of hydrogen-bond donors (Lipinski definition) is 0. The van der Waals surface area contributed by atoms with Crippen molar-refractivity contribution < 1.29 is 14.1 Å². The Kier molecular flexibility index (Phi) is 5.80. The highest BCUT2D eigenvalue weighted by Crippen LogP contribution is 2.33. The van der Waals surface area contributed by atoms with E-state index in [2.05, 4.69) is 12.4 Å². The van der Waals surface area contributed by atoms with Crippen molar-refractivity contribution in [2.75, 3.05) is 35.2 Å². The topological polar surface area (TPSA) is 35.8 Å². The molecule has 1 rings (SSSR count). The first-order valence-corrected chi connectivity index (χ1v) is 7.60. The fourth-order valence-electron chi connectivity index (χ4n) is 2.44. The molecule has 0 aromatic heterocycles. The predicted octanol–water partition coefficient (Wildman–Crippen LogP) is 2.69. The maximum absolute atomic E-state index is 12.4. The zero-order valence-electron chi connectivity index (χ0n) is 15.2. The van der Waals surface area contributed by atoms with Gasteiger partial charge in [-0.2, -0.15) is 0 Å². The lowest BCUT2D eigenvalue weighted by atomic mass is 10.2. The Labute approximate surface area is 134 Å². The molecule has 0 unspecified atom stereocenters. The van der Waals surface area contributed by atoms with Crippen molar-refractivity contribution in [1.29, 1.82) is 0 Å². The second kappa shape index (κ2) is 6.99. The summed E-state index contributed by atoms with van der Waals surface area (Å²) in [5.74, 6) is 0. The van der Waals surface area contributed by atoms with Crippen LogP contribution in [-0.2, 0) is 4.74 Å². The van der Waals surface area contributed by atoms with Gasteiger partial charge in [-0.25, -0.2) is 9.37 Å². The van der Waals surface area contributed by atoms with Gasteiger partial charge in [-0.05, 0) is 39.2 Å². The Bertz CT molecular complexity index is 519. The van der Waals surface area contributed by atoms with E-state index < -0.39 is 5.60 Å². The Morgan fingerprint density at radius 1 is 1.18 bits per heavy atom. The summed E-state index contributed by atoms with van der Waals surface area (Å²) in [6.07, 6.45) is 5.69. The first-order valence-electron chi connectivity index (χ1n) is 7.60. The Morgan fingerprint density at radius 2 is 1.77 bits per heavy atom. The van der Waals surface area contributed by atoms with Gasteiger partial charge in [0.15, 0.2) is 6.21 Å². The lowest BCUT2D eigenvalue weighted by Crippen LogP contribution is -2.34. The van der Waals surface area contributed by atoms with Crippen LogP contribution in [0, 0.1) is 0 Å². The number of likely N-dealkylation sites (N-methyl/N-ethyl adjacent to an activating group) is 1. The molecule has 0 saturated carbocycles. The van der Waals surface area contributed by atoms with E-state index in [9.17, 15) is 4.79 Å². The molecule has 0 aromatic rings. The molecular weight excluding hydrogens is 278 g/mol. The molecule has 0 saturated heterocycles. The van der Waals surface area contributed by atoms with E-state index in [-0.39, 0.29) is 6.09 Å². The number of allylic oxidation sites excluding steroid dienone is 2. The molecule has 0 aromatic carbocycles. The van der Waals surface area contributed by atoms with Crippen LogP contribution in [0.5, 0.6) is 0 Å². The van der Waals surface area contributed by atoms with Gasteiger partial charge < -0.3 is 9.64 Å². The first-order chi connectivity index (χ1) is 10.0. The van der Waals surface area contributed by atoms with Gasteiger partial charge in [0.1, 0.15) is 19.7 Å². The molecule has 0 fully saturated rings. The maximum Gasteiger partial charge on any atom is 0.414 e. The summed E-state index contributed by atoms with van der Waals surface area (Å²) in [4.78, 5) is 16.0. The molecule has 1 aliphatic carbocycles. The van der Waals surface area contributed by atoms with Crippen LogP contribution < -0.4 is 0 Å². The summed E-state index contributed by atoms with van der Waals surface area (Å²) in [5, 5.41) is 0. The number of carbonyl (C=O) groups excluding carboxylic acids is 1. The van der Waals surface area contributed by atoms with E-state index in [1.807, 2.05) is 58.4 Å². The SMILES string of the molecule is CN(C)C=C1CCC(C=[N+](C)C)=C1N(C)C(=O)OC(C)(C)C. The molecule has 1 aliphatic rings. The summed E-state index contributed by atoms with van der Waals surface area (Å²) in [6.45, 7) is 5.64. The van der Waals surface area contributed by atoms with Crippen molar-refractivity contribution in [1.82, 2.24) is 9.80 Å². The second-order valence-corrected chi connectivity index (χ2v) is 7.12. The number of nitrogens with zero attached hydrogens (tertiary/aromatic N) is 3. The summed E-state index contributed by atoms with van der Waals surface area (Å²) >= 11 is 0. The van der Waals surface area contributed by atoms with Gasteiger partial charge in [0.2, 0.25) is 0 Å². The predicted molar refractivity (Wildman–Crippen MR) is 90.2 cm³/mol. The quantitative estimate of drug-likeness (QED) is 0.594. The number of carbonyl (C=O) groups is 1. The van der Waals surface area contributed by atoms with Crippen LogP contribution in [0.2, 0.25) is 0 Å². The van der Waals surface area contributed by atoms with E-state index in [4.69, 9.17) is 4.74 Å². The molecular formula is C17H30N3O2+. The van der Waals surface area contributed by atoms with Crippen molar-refractivity contribution in [2.24, 2.45) is 0 Å². The minimum Gasteiger partial charge on any atom is -0.443 e. The van der Waals surface area contributed by atoms with Crippen LogP contribution in [-0.4, -0.2) is 67.5 Å². The monoisotopic (exact) mass is 308 g/mol. The molecule has 0 heterocycles. The third-order valence-electron chi connectivity index (χ3n) is 3.10. The summed E-state index contributed by atoms with van der Waals surface area (Å²) in [6, 6.07) is 0. The highest BCUT2D eigenvalue weighted by Gasteiger charge is 2.29. The molecule has 1 amide bonds. The third-order valence-corrected chi connectivity index (χ3v) is 3.10. The lowest BCUT2D eigenvalue weighted by Gasteiger charge is -2.26. The van der Waals surface area contributed by atoms with Gasteiger partial charge in [0, 0.05) is 32.9 Å². The van der Waals surface area contributed by atoms with E-state index >= 15 is 0 Å². The standard InChI is InChI=1S/C17H30N3O2/c1-17(2,3)22-16(21)20(8)15-13(11-18(4)5)9-10-14(15)12-19(6)7/h11-12H,9-10H2,1-8H3/q+1. The van der Waals surface area contributed by atoms with Gasteiger partial charge in [0.25, 0.3) is 0 Å². The summed E-state index contributed by atoms with van der Waals surface area (Å²) < 4.78 is 7.51.